The average molecular weight is 307 g/mol. The smallest absolute Gasteiger partial charge is 0.251 e. The second-order valence-electron chi connectivity index (χ2n) is 3.27. The van der Waals surface area contributed by atoms with Crippen LogP contribution in [0.2, 0.25) is 0 Å². The molecule has 1 aromatic carbocycles. The largest absolute Gasteiger partial charge is 0.383 e. The van der Waals surface area contributed by atoms with E-state index < -0.39 is 0 Å². The second kappa shape index (κ2) is 6.89. The highest BCUT2D eigenvalue weighted by Crippen LogP contribution is 2.11. The monoisotopic (exact) mass is 305 g/mol. The molecule has 1 unspecified atom stereocenters. The minimum absolute atomic E-state index is 0.136. The third-order valence-corrected chi connectivity index (χ3v) is 2.69. The summed E-state index contributed by atoms with van der Waals surface area (Å²) in [6.07, 6.45) is 0. The maximum atomic E-state index is 11.7. The minimum Gasteiger partial charge on any atom is -0.383 e. The summed E-state index contributed by atoms with van der Waals surface area (Å²) in [5.74, 6) is -0.136. The van der Waals surface area contributed by atoms with Crippen molar-refractivity contribution in [3.8, 4) is 0 Å². The number of ether oxygens (including phenoxy) is 1. The molecule has 0 saturated carbocycles. The van der Waals surface area contributed by atoms with Gasteiger partial charge in [-0.15, -0.1) is 11.6 Å². The van der Waals surface area contributed by atoms with Crippen molar-refractivity contribution >= 4 is 33.4 Å². The van der Waals surface area contributed by atoms with Gasteiger partial charge in [0.1, 0.15) is 0 Å². The van der Waals surface area contributed by atoms with E-state index in [1.807, 2.05) is 12.1 Å². The van der Waals surface area contributed by atoms with Crippen LogP contribution in [0.4, 0.5) is 0 Å². The fourth-order valence-corrected chi connectivity index (χ4v) is 1.78. The first kappa shape index (κ1) is 13.5. The number of hydrogen-bond acceptors (Lipinski definition) is 2. The predicted octanol–water partition coefficient (Wildman–Crippen LogP) is 2.43. The van der Waals surface area contributed by atoms with E-state index >= 15 is 0 Å². The summed E-state index contributed by atoms with van der Waals surface area (Å²) >= 11 is 9.20. The molecule has 16 heavy (non-hydrogen) atoms. The van der Waals surface area contributed by atoms with Gasteiger partial charge in [0.25, 0.3) is 5.91 Å². The molecule has 0 radical (unpaired) electrons. The van der Waals surface area contributed by atoms with E-state index in [4.69, 9.17) is 16.3 Å². The number of hydrogen-bond donors (Lipinski definition) is 1. The van der Waals surface area contributed by atoms with Crippen molar-refractivity contribution in [2.45, 2.75) is 5.38 Å². The van der Waals surface area contributed by atoms with Gasteiger partial charge < -0.3 is 10.1 Å². The van der Waals surface area contributed by atoms with E-state index in [1.165, 1.54) is 0 Å². The highest BCUT2D eigenvalue weighted by molar-refractivity contribution is 9.10. The van der Waals surface area contributed by atoms with Crippen molar-refractivity contribution in [1.29, 1.82) is 0 Å². The molecule has 88 valence electrons. The van der Waals surface area contributed by atoms with Crippen LogP contribution >= 0.6 is 27.5 Å². The van der Waals surface area contributed by atoms with Crippen molar-refractivity contribution < 1.29 is 9.53 Å². The van der Waals surface area contributed by atoms with E-state index in [-0.39, 0.29) is 11.3 Å². The number of nitrogens with one attached hydrogen (secondary N) is 1. The zero-order valence-corrected chi connectivity index (χ0v) is 11.2. The van der Waals surface area contributed by atoms with Crippen molar-refractivity contribution in [2.24, 2.45) is 0 Å². The standard InChI is InChI=1S/C11H13BrClNO2/c1-16-7-10(13)6-14-11(15)8-3-2-4-9(12)5-8/h2-5,10H,6-7H2,1H3,(H,14,15). The quantitative estimate of drug-likeness (QED) is 0.849. The van der Waals surface area contributed by atoms with Gasteiger partial charge in [0.05, 0.1) is 12.0 Å². The lowest BCUT2D eigenvalue weighted by molar-refractivity contribution is 0.0949. The summed E-state index contributed by atoms with van der Waals surface area (Å²) in [7, 11) is 1.57. The van der Waals surface area contributed by atoms with Gasteiger partial charge in [0.2, 0.25) is 0 Å². The molecular formula is C11H13BrClNO2. The Balaban J connectivity index is 2.47. The van der Waals surface area contributed by atoms with E-state index in [0.29, 0.717) is 18.7 Å². The number of alkyl halides is 1. The fourth-order valence-electron chi connectivity index (χ4n) is 1.17. The molecule has 1 N–H and O–H groups in total. The summed E-state index contributed by atoms with van der Waals surface area (Å²) in [5.41, 5.74) is 0.607. The Morgan fingerprint density at radius 1 is 1.62 bits per heavy atom. The SMILES string of the molecule is COCC(Cl)CNC(=O)c1cccc(Br)c1. The van der Waals surface area contributed by atoms with Crippen LogP contribution in [0, 0.1) is 0 Å². The molecule has 1 amide bonds. The topological polar surface area (TPSA) is 38.3 Å². The van der Waals surface area contributed by atoms with E-state index in [2.05, 4.69) is 21.2 Å². The number of benzene rings is 1. The van der Waals surface area contributed by atoms with Gasteiger partial charge in [0.15, 0.2) is 0 Å². The highest BCUT2D eigenvalue weighted by atomic mass is 79.9. The molecule has 0 aromatic heterocycles. The summed E-state index contributed by atoms with van der Waals surface area (Å²) < 4.78 is 5.74. The molecule has 0 fully saturated rings. The fraction of sp³-hybridized carbons (Fsp3) is 0.364. The Morgan fingerprint density at radius 3 is 3.00 bits per heavy atom. The van der Waals surface area contributed by atoms with Gasteiger partial charge in [-0.1, -0.05) is 22.0 Å². The number of amides is 1. The van der Waals surface area contributed by atoms with Gasteiger partial charge in [0, 0.05) is 23.7 Å². The van der Waals surface area contributed by atoms with Crippen molar-refractivity contribution in [3.05, 3.63) is 34.3 Å². The van der Waals surface area contributed by atoms with Crippen LogP contribution in [0.15, 0.2) is 28.7 Å². The molecule has 0 saturated heterocycles. The highest BCUT2D eigenvalue weighted by Gasteiger charge is 2.08. The second-order valence-corrected chi connectivity index (χ2v) is 4.81. The zero-order chi connectivity index (χ0) is 12.0. The Morgan fingerprint density at radius 2 is 2.38 bits per heavy atom. The van der Waals surface area contributed by atoms with E-state index in [0.717, 1.165) is 4.47 Å². The maximum Gasteiger partial charge on any atom is 0.251 e. The molecule has 3 nitrogen and oxygen atoms in total. The van der Waals surface area contributed by atoms with Crippen LogP contribution in [-0.2, 0) is 4.74 Å². The number of carbonyl (C=O) groups is 1. The van der Waals surface area contributed by atoms with Crippen molar-refractivity contribution in [3.63, 3.8) is 0 Å². The summed E-state index contributed by atoms with van der Waals surface area (Å²) in [6, 6.07) is 7.19. The maximum absolute atomic E-state index is 11.7. The Labute approximate surface area is 108 Å². The molecule has 0 bridgehead atoms. The molecule has 0 heterocycles. The third-order valence-electron chi connectivity index (χ3n) is 1.92. The van der Waals surface area contributed by atoms with Crippen molar-refractivity contribution in [1.82, 2.24) is 5.32 Å². The number of halogens is 2. The summed E-state index contributed by atoms with van der Waals surface area (Å²) in [6.45, 7) is 0.807. The lowest BCUT2D eigenvalue weighted by atomic mass is 10.2. The van der Waals surface area contributed by atoms with Crippen LogP contribution in [0.3, 0.4) is 0 Å². The van der Waals surface area contributed by atoms with Crippen molar-refractivity contribution in [2.75, 3.05) is 20.3 Å². The lowest BCUT2D eigenvalue weighted by Crippen LogP contribution is -2.31. The first-order valence-electron chi connectivity index (χ1n) is 4.80. The molecular weight excluding hydrogens is 293 g/mol. The predicted molar refractivity (Wildman–Crippen MR) is 68.0 cm³/mol. The number of rotatable bonds is 5. The van der Waals surface area contributed by atoms with Gasteiger partial charge in [-0.2, -0.15) is 0 Å². The first-order valence-corrected chi connectivity index (χ1v) is 6.03. The molecule has 0 aliphatic carbocycles. The lowest BCUT2D eigenvalue weighted by Gasteiger charge is -2.09. The van der Waals surface area contributed by atoms with Gasteiger partial charge in [-0.3, -0.25) is 4.79 Å². The zero-order valence-electron chi connectivity index (χ0n) is 8.87. The molecule has 1 rings (SSSR count). The van der Waals surface area contributed by atoms with Crippen LogP contribution < -0.4 is 5.32 Å². The Bertz CT molecular complexity index is 360. The van der Waals surface area contributed by atoms with Gasteiger partial charge in [-0.25, -0.2) is 0 Å². The van der Waals surface area contributed by atoms with Gasteiger partial charge in [-0.05, 0) is 18.2 Å². The average Bonchev–Trinajstić information content (AvgIpc) is 2.26. The molecule has 0 spiro atoms. The Hall–Kier alpha value is -0.580. The molecule has 0 aliphatic heterocycles. The van der Waals surface area contributed by atoms with Crippen LogP contribution in [0.1, 0.15) is 10.4 Å². The summed E-state index contributed by atoms with van der Waals surface area (Å²) in [5, 5.41) is 2.53. The molecule has 5 heteroatoms. The Kier molecular flexibility index (Phi) is 5.80. The molecule has 1 atom stereocenters. The third kappa shape index (κ3) is 4.51. The molecule has 0 aliphatic rings. The number of methoxy groups -OCH3 is 1. The minimum atomic E-state index is -0.207. The van der Waals surface area contributed by atoms with Crippen LogP contribution in [-0.4, -0.2) is 31.5 Å². The van der Waals surface area contributed by atoms with Crippen LogP contribution in [0.25, 0.3) is 0 Å². The molecule has 1 aromatic rings. The normalized spacial score (nSPS) is 12.2. The van der Waals surface area contributed by atoms with Gasteiger partial charge >= 0.3 is 0 Å². The first-order chi connectivity index (χ1) is 7.63. The van der Waals surface area contributed by atoms with E-state index in [1.54, 1.807) is 19.2 Å². The number of carbonyl (C=O) groups excluding carboxylic acids is 1. The van der Waals surface area contributed by atoms with Crippen LogP contribution in [0.5, 0.6) is 0 Å². The van der Waals surface area contributed by atoms with E-state index in [9.17, 15) is 4.79 Å². The summed E-state index contributed by atoms with van der Waals surface area (Å²) in [4.78, 5) is 11.7.